The molecule has 1 N–H and O–H groups in total. The van der Waals surface area contributed by atoms with Gasteiger partial charge in [-0.2, -0.15) is 11.8 Å². The molecule has 0 saturated carbocycles. The van der Waals surface area contributed by atoms with Gasteiger partial charge in [-0.15, -0.1) is 0 Å². The maximum atomic E-state index is 14.9. The molecule has 1 unspecified atom stereocenters. The molecule has 288 valence electrons. The van der Waals surface area contributed by atoms with Crippen LogP contribution in [0.15, 0.2) is 35.4 Å². The SMILES string of the molecule is CCO[Si](CCCSCC[C@@H]1CN2CC[C@H]1C[C@H]2[C@@H](NS(=O)(=O)c1c(F)c(F)c(F)c(F)c1F)c1ccnc2ccc(OC)cc12)(OCC)OCC. The maximum absolute atomic E-state index is 14.9. The molecule has 3 fully saturated rings. The van der Waals surface area contributed by atoms with Crippen molar-refractivity contribution < 1.29 is 48.4 Å². The number of methoxy groups -OCH3 is 1. The highest BCUT2D eigenvalue weighted by Crippen LogP contribution is 2.44. The Morgan fingerprint density at radius 3 is 2.21 bits per heavy atom. The number of halogens is 5. The summed E-state index contributed by atoms with van der Waals surface area (Å²) in [6.07, 6.45) is 4.77. The quantitative estimate of drug-likeness (QED) is 0.0444. The summed E-state index contributed by atoms with van der Waals surface area (Å²) in [7, 11) is -6.51. The molecule has 17 heteroatoms. The molecule has 0 radical (unpaired) electrons. The molecule has 52 heavy (non-hydrogen) atoms. The van der Waals surface area contributed by atoms with E-state index in [1.54, 1.807) is 24.3 Å². The summed E-state index contributed by atoms with van der Waals surface area (Å²) >= 11 is 1.86. The first kappa shape index (κ1) is 40.8. The zero-order valence-electron chi connectivity index (χ0n) is 29.7. The molecule has 1 aromatic heterocycles. The van der Waals surface area contributed by atoms with Gasteiger partial charge >= 0.3 is 8.80 Å². The van der Waals surface area contributed by atoms with E-state index in [1.807, 2.05) is 32.5 Å². The Morgan fingerprint density at radius 2 is 1.62 bits per heavy atom. The fourth-order valence-corrected chi connectivity index (χ4v) is 12.8. The number of hydrogen-bond donors (Lipinski definition) is 1. The molecule has 0 aliphatic carbocycles. The molecule has 3 aliphatic rings. The first-order valence-corrected chi connectivity index (χ1v) is 22.2. The van der Waals surface area contributed by atoms with Gasteiger partial charge in [-0.1, -0.05) is 0 Å². The van der Waals surface area contributed by atoms with Gasteiger partial charge in [0, 0.05) is 50.0 Å². The summed E-state index contributed by atoms with van der Waals surface area (Å²) in [6.45, 7) is 8.74. The smallest absolute Gasteiger partial charge is 0.497 e. The zero-order valence-corrected chi connectivity index (χ0v) is 32.4. The first-order chi connectivity index (χ1) is 24.9. The third-order valence-electron chi connectivity index (χ3n) is 9.86. The Balaban J connectivity index is 1.35. The normalized spacial score (nSPS) is 21.2. The Morgan fingerprint density at radius 1 is 0.962 bits per heavy atom. The van der Waals surface area contributed by atoms with E-state index < -0.39 is 64.9 Å². The zero-order chi connectivity index (χ0) is 37.6. The molecule has 0 spiro atoms. The number of ether oxygens (including phenoxy) is 1. The minimum absolute atomic E-state index is 0.230. The number of nitrogens with zero attached hydrogens (tertiary/aromatic N) is 2. The fourth-order valence-electron chi connectivity index (χ4n) is 7.52. The third-order valence-corrected chi connectivity index (χ3v) is 15.6. The van der Waals surface area contributed by atoms with E-state index in [-0.39, 0.29) is 5.92 Å². The lowest BCUT2D eigenvalue weighted by molar-refractivity contribution is -0.0124. The molecule has 3 aromatic rings. The van der Waals surface area contributed by atoms with E-state index in [1.165, 1.54) is 13.3 Å². The van der Waals surface area contributed by atoms with E-state index in [0.717, 1.165) is 36.8 Å². The molecule has 4 heterocycles. The summed E-state index contributed by atoms with van der Waals surface area (Å²) in [5, 5.41) is 0.521. The van der Waals surface area contributed by atoms with Crippen LogP contribution < -0.4 is 9.46 Å². The Labute approximate surface area is 307 Å². The van der Waals surface area contributed by atoms with E-state index in [0.29, 0.717) is 67.5 Å². The van der Waals surface area contributed by atoms with Gasteiger partial charge in [-0.05, 0) is 106 Å². The van der Waals surface area contributed by atoms with Crippen LogP contribution in [-0.4, -0.2) is 84.7 Å². The Kier molecular flexibility index (Phi) is 14.0. The van der Waals surface area contributed by atoms with Crippen molar-refractivity contribution in [3.05, 3.63) is 65.1 Å². The summed E-state index contributed by atoms with van der Waals surface area (Å²) in [5.41, 5.74) is 0.945. The van der Waals surface area contributed by atoms with Gasteiger partial charge in [-0.3, -0.25) is 9.88 Å². The number of piperidine rings is 3. The molecular weight excluding hydrogens is 746 g/mol. The van der Waals surface area contributed by atoms with E-state index >= 15 is 0 Å². The van der Waals surface area contributed by atoms with Gasteiger partial charge in [0.25, 0.3) is 0 Å². The molecule has 5 atom stereocenters. The third kappa shape index (κ3) is 8.77. The minimum Gasteiger partial charge on any atom is -0.497 e. The molecule has 3 aliphatic heterocycles. The highest BCUT2D eigenvalue weighted by molar-refractivity contribution is 7.99. The minimum atomic E-state index is -5.29. The topological polar surface area (TPSA) is 99.2 Å². The van der Waals surface area contributed by atoms with Crippen molar-refractivity contribution in [2.75, 3.05) is 51.5 Å². The molecular formula is C35H46F5N3O6S2Si. The van der Waals surface area contributed by atoms with Gasteiger partial charge < -0.3 is 18.0 Å². The number of fused-ring (bicyclic) bond motifs is 4. The highest BCUT2D eigenvalue weighted by atomic mass is 32.2. The highest BCUT2D eigenvalue weighted by Gasteiger charge is 2.46. The van der Waals surface area contributed by atoms with Crippen molar-refractivity contribution in [3.8, 4) is 5.75 Å². The lowest BCUT2D eigenvalue weighted by Crippen LogP contribution is -2.57. The molecule has 2 aromatic carbocycles. The second-order valence-electron chi connectivity index (χ2n) is 12.9. The van der Waals surface area contributed by atoms with E-state index in [4.69, 9.17) is 18.0 Å². The van der Waals surface area contributed by atoms with Crippen LogP contribution in [0.25, 0.3) is 10.9 Å². The molecule has 0 amide bonds. The number of aromatic nitrogens is 1. The molecule has 6 rings (SSSR count). The van der Waals surface area contributed by atoms with Crippen LogP contribution in [0.3, 0.4) is 0 Å². The average Bonchev–Trinajstić information content (AvgIpc) is 3.13. The summed E-state index contributed by atoms with van der Waals surface area (Å²) < 4.78 is 125. The number of hydrogen-bond acceptors (Lipinski definition) is 9. The second-order valence-corrected chi connectivity index (χ2v) is 18.5. The van der Waals surface area contributed by atoms with Crippen LogP contribution in [0.1, 0.15) is 58.1 Å². The number of nitrogens with one attached hydrogen (secondary N) is 1. The van der Waals surface area contributed by atoms with Gasteiger partial charge in [0.1, 0.15) is 5.75 Å². The number of sulfonamides is 1. The summed E-state index contributed by atoms with van der Waals surface area (Å²) in [5.74, 6) is -9.07. The maximum Gasteiger partial charge on any atom is 0.500 e. The summed E-state index contributed by atoms with van der Waals surface area (Å²) in [6, 6.07) is 5.81. The Hall–Kier alpha value is -2.38. The average molecular weight is 792 g/mol. The summed E-state index contributed by atoms with van der Waals surface area (Å²) in [4.78, 5) is 4.64. The number of pyridine rings is 1. The lowest BCUT2D eigenvalue weighted by Gasteiger charge is -2.52. The van der Waals surface area contributed by atoms with Crippen molar-refractivity contribution in [2.24, 2.45) is 11.8 Å². The van der Waals surface area contributed by atoms with Gasteiger partial charge in [0.2, 0.25) is 15.8 Å². The predicted molar refractivity (Wildman–Crippen MR) is 191 cm³/mol. The Bertz CT molecular complexity index is 1770. The monoisotopic (exact) mass is 791 g/mol. The van der Waals surface area contributed by atoms with Gasteiger partial charge in [-0.25, -0.2) is 35.1 Å². The van der Waals surface area contributed by atoms with Crippen molar-refractivity contribution in [1.82, 2.24) is 14.6 Å². The lowest BCUT2D eigenvalue weighted by atomic mass is 9.72. The largest absolute Gasteiger partial charge is 0.500 e. The predicted octanol–water partition coefficient (Wildman–Crippen LogP) is 7.23. The van der Waals surface area contributed by atoms with Gasteiger partial charge in [0.05, 0.1) is 18.7 Å². The van der Waals surface area contributed by atoms with E-state index in [9.17, 15) is 30.4 Å². The number of benzene rings is 2. The van der Waals surface area contributed by atoms with Crippen LogP contribution in [-0.2, 0) is 23.3 Å². The van der Waals surface area contributed by atoms with Crippen molar-refractivity contribution >= 4 is 41.5 Å². The van der Waals surface area contributed by atoms with Crippen LogP contribution in [0.5, 0.6) is 5.75 Å². The van der Waals surface area contributed by atoms with Crippen molar-refractivity contribution in [1.29, 1.82) is 0 Å². The number of thioether (sulfide) groups is 1. The standard InChI is InChI=1S/C35H46F5N3O6S2Si/c1-5-47-52(48-6-2,49-7-3)18-8-16-50-17-13-23-21-43-15-12-22(23)19-28(43)34(25-11-14-41-27-10-9-24(46-4)20-26(25)27)42-51(44,45)35-32(39)30(37)29(36)31(38)33(35)40/h9-11,14,20,22-23,28,34,42H,5-8,12-13,15-19,21H2,1-4H3/t22-,23+,28-,34-/m0/s1. The van der Waals surface area contributed by atoms with Crippen LogP contribution in [0.2, 0.25) is 6.04 Å². The van der Waals surface area contributed by atoms with Crippen LogP contribution in [0.4, 0.5) is 22.0 Å². The van der Waals surface area contributed by atoms with E-state index in [2.05, 4.69) is 14.6 Å². The first-order valence-electron chi connectivity index (χ1n) is 17.6. The molecule has 3 saturated heterocycles. The molecule has 9 nitrogen and oxygen atoms in total. The van der Waals surface area contributed by atoms with Crippen molar-refractivity contribution in [3.63, 3.8) is 0 Å². The second kappa shape index (κ2) is 17.8. The van der Waals surface area contributed by atoms with Crippen molar-refractivity contribution in [2.45, 2.75) is 69.5 Å². The van der Waals surface area contributed by atoms with Crippen LogP contribution in [0, 0.1) is 40.9 Å². The van der Waals surface area contributed by atoms with Crippen LogP contribution >= 0.6 is 11.8 Å². The number of rotatable bonds is 19. The fraction of sp³-hybridized carbons (Fsp3) is 0.571. The van der Waals surface area contributed by atoms with Gasteiger partial charge in [0.15, 0.2) is 28.2 Å². The molecule has 2 bridgehead atoms.